The molecule has 0 aliphatic heterocycles. The molecule has 3 N–H and O–H groups in total. The summed E-state index contributed by atoms with van der Waals surface area (Å²) in [6, 6.07) is 9.72. The monoisotopic (exact) mass is 621 g/mol. The van der Waals surface area contributed by atoms with Crippen LogP contribution in [0.2, 0.25) is 0 Å². The van der Waals surface area contributed by atoms with Gasteiger partial charge in [0.2, 0.25) is 0 Å². The number of nitrogens with zero attached hydrogens (tertiary/aromatic N) is 5. The topological polar surface area (TPSA) is 156 Å². The molecule has 234 valence electrons. The average Bonchev–Trinajstić information content (AvgIpc) is 3.52. The van der Waals surface area contributed by atoms with Crippen molar-refractivity contribution in [1.82, 2.24) is 29.7 Å². The Labute approximate surface area is 256 Å². The maximum Gasteiger partial charge on any atom is 0.252 e. The van der Waals surface area contributed by atoms with E-state index in [4.69, 9.17) is 20.2 Å². The highest BCUT2D eigenvalue weighted by Gasteiger charge is 2.44. The second kappa shape index (κ2) is 12.3. The van der Waals surface area contributed by atoms with E-state index in [2.05, 4.69) is 15.5 Å². The standard InChI is InChI=1S/C31H39N7O5S/c1-42-16-17-43-31(30(39)33-15-12-21-8-9-21)13-10-22(11-14-31)26-27(44(2,40)41)28(32)38-29(36-26)25(19-35-38)23-18-34-37(20-23)24-6-4-3-5-7-24/h3-7,18-22H,8-17,32H2,1-2H3,(H,33,39)/t22-,31-. The van der Waals surface area contributed by atoms with Crippen molar-refractivity contribution in [2.45, 2.75) is 61.4 Å². The van der Waals surface area contributed by atoms with Crippen molar-refractivity contribution in [2.24, 2.45) is 5.92 Å². The highest BCUT2D eigenvalue weighted by molar-refractivity contribution is 7.91. The van der Waals surface area contributed by atoms with Crippen LogP contribution < -0.4 is 11.1 Å². The minimum Gasteiger partial charge on any atom is -0.382 e. The SMILES string of the molecule is COCCO[C@]1(C(=O)NCCC2CC2)CC[C@@H](c2nc3c(-c4cnn(-c5ccccc5)c4)cnn3c(N)c2S(C)(=O)=O)CC1. The molecule has 0 saturated heterocycles. The summed E-state index contributed by atoms with van der Waals surface area (Å²) in [6.07, 6.45) is 11.6. The van der Waals surface area contributed by atoms with Crippen LogP contribution in [0.25, 0.3) is 22.5 Å². The van der Waals surface area contributed by atoms with E-state index in [0.717, 1.165) is 23.9 Å². The van der Waals surface area contributed by atoms with Crippen LogP contribution in [0.4, 0.5) is 5.82 Å². The van der Waals surface area contributed by atoms with Gasteiger partial charge in [-0.05, 0) is 50.2 Å². The van der Waals surface area contributed by atoms with Gasteiger partial charge in [-0.3, -0.25) is 4.79 Å². The van der Waals surface area contributed by atoms with Crippen LogP contribution in [-0.2, 0) is 24.1 Å². The normalized spacial score (nSPS) is 20.6. The lowest BCUT2D eigenvalue weighted by atomic mass is 9.76. The molecule has 3 aromatic heterocycles. The Morgan fingerprint density at radius 2 is 1.84 bits per heavy atom. The first-order valence-electron chi connectivity index (χ1n) is 15.1. The molecule has 4 aromatic rings. The van der Waals surface area contributed by atoms with Crippen molar-refractivity contribution in [2.75, 3.05) is 38.9 Å². The molecule has 0 unspecified atom stereocenters. The van der Waals surface area contributed by atoms with E-state index in [0.29, 0.717) is 68.3 Å². The third-order valence-corrected chi connectivity index (χ3v) is 9.90. The van der Waals surface area contributed by atoms with Crippen molar-refractivity contribution in [3.8, 4) is 16.8 Å². The van der Waals surface area contributed by atoms with Crippen LogP contribution in [0.15, 0.2) is 53.8 Å². The lowest BCUT2D eigenvalue weighted by Crippen LogP contribution is -2.51. The van der Waals surface area contributed by atoms with Crippen LogP contribution >= 0.6 is 0 Å². The number of nitrogen functional groups attached to an aromatic ring is 1. The molecular weight excluding hydrogens is 582 g/mol. The molecule has 1 aromatic carbocycles. The van der Waals surface area contributed by atoms with E-state index in [9.17, 15) is 13.2 Å². The van der Waals surface area contributed by atoms with Gasteiger partial charge in [-0.25, -0.2) is 18.1 Å². The molecule has 2 saturated carbocycles. The number of carbonyl (C=O) groups excluding carboxylic acids is 1. The molecule has 2 aliphatic rings. The molecule has 1 amide bonds. The number of ether oxygens (including phenoxy) is 2. The summed E-state index contributed by atoms with van der Waals surface area (Å²) in [5.41, 5.74) is 8.72. The summed E-state index contributed by atoms with van der Waals surface area (Å²) in [5.74, 6) is 0.353. The number of para-hydroxylation sites is 1. The number of methoxy groups -OCH3 is 1. The van der Waals surface area contributed by atoms with Gasteiger partial charge in [-0.15, -0.1) is 0 Å². The number of carbonyl (C=O) groups is 1. The molecule has 12 nitrogen and oxygen atoms in total. The van der Waals surface area contributed by atoms with E-state index < -0.39 is 15.4 Å². The average molecular weight is 622 g/mol. The van der Waals surface area contributed by atoms with Gasteiger partial charge in [0.25, 0.3) is 5.91 Å². The van der Waals surface area contributed by atoms with Crippen LogP contribution in [0.3, 0.4) is 0 Å². The summed E-state index contributed by atoms with van der Waals surface area (Å²) in [6.45, 7) is 1.29. The molecule has 0 bridgehead atoms. The van der Waals surface area contributed by atoms with Gasteiger partial charge in [0, 0.05) is 43.2 Å². The maximum atomic E-state index is 13.5. The number of anilines is 1. The second-order valence-corrected chi connectivity index (χ2v) is 13.8. The Hall–Kier alpha value is -3.81. The molecule has 0 atom stereocenters. The first-order valence-corrected chi connectivity index (χ1v) is 17.0. The minimum atomic E-state index is -3.76. The van der Waals surface area contributed by atoms with Crippen molar-refractivity contribution >= 4 is 27.2 Å². The Morgan fingerprint density at radius 3 is 2.52 bits per heavy atom. The van der Waals surface area contributed by atoms with Crippen molar-refractivity contribution in [3.63, 3.8) is 0 Å². The molecule has 2 aliphatic carbocycles. The number of nitrogens with one attached hydrogen (secondary N) is 1. The van der Waals surface area contributed by atoms with Crippen molar-refractivity contribution < 1.29 is 22.7 Å². The molecule has 0 radical (unpaired) electrons. The third-order valence-electron chi connectivity index (χ3n) is 8.74. The molecule has 44 heavy (non-hydrogen) atoms. The first-order chi connectivity index (χ1) is 21.2. The zero-order valence-electron chi connectivity index (χ0n) is 25.1. The number of sulfone groups is 1. The molecule has 6 rings (SSSR count). The zero-order valence-corrected chi connectivity index (χ0v) is 25.9. The number of aromatic nitrogens is 5. The zero-order chi connectivity index (χ0) is 30.9. The summed E-state index contributed by atoms with van der Waals surface area (Å²) in [5, 5.41) is 12.0. The quantitative estimate of drug-likeness (QED) is 0.226. The fourth-order valence-corrected chi connectivity index (χ4v) is 7.19. The Kier molecular flexibility index (Phi) is 8.44. The molecule has 0 spiro atoms. The summed E-state index contributed by atoms with van der Waals surface area (Å²) >= 11 is 0. The van der Waals surface area contributed by atoms with E-state index >= 15 is 0 Å². The number of hydrogen-bond acceptors (Lipinski definition) is 9. The fraction of sp³-hybridized carbons (Fsp3) is 0.484. The highest BCUT2D eigenvalue weighted by Crippen LogP contribution is 2.43. The van der Waals surface area contributed by atoms with Gasteiger partial charge in [0.05, 0.1) is 37.0 Å². The molecule has 13 heteroatoms. The van der Waals surface area contributed by atoms with Crippen LogP contribution in [0, 0.1) is 5.92 Å². The van der Waals surface area contributed by atoms with E-state index in [-0.39, 0.29) is 22.5 Å². The van der Waals surface area contributed by atoms with Gasteiger partial charge in [-0.1, -0.05) is 31.0 Å². The lowest BCUT2D eigenvalue weighted by Gasteiger charge is -2.39. The molecule has 2 fully saturated rings. The van der Waals surface area contributed by atoms with Crippen LogP contribution in [-0.4, -0.2) is 77.4 Å². The van der Waals surface area contributed by atoms with E-state index in [1.54, 1.807) is 24.2 Å². The van der Waals surface area contributed by atoms with Crippen LogP contribution in [0.1, 0.15) is 56.6 Å². The number of benzene rings is 1. The Bertz CT molecular complexity index is 1740. The van der Waals surface area contributed by atoms with Gasteiger partial charge < -0.3 is 20.5 Å². The van der Waals surface area contributed by atoms with Crippen molar-refractivity contribution in [3.05, 3.63) is 54.6 Å². The Morgan fingerprint density at radius 1 is 1.09 bits per heavy atom. The lowest BCUT2D eigenvalue weighted by molar-refractivity contribution is -0.154. The number of hydrogen-bond donors (Lipinski definition) is 2. The van der Waals surface area contributed by atoms with Gasteiger partial charge in [-0.2, -0.15) is 14.7 Å². The predicted octanol–water partition coefficient (Wildman–Crippen LogP) is 3.54. The van der Waals surface area contributed by atoms with Crippen LogP contribution in [0.5, 0.6) is 0 Å². The summed E-state index contributed by atoms with van der Waals surface area (Å²) in [4.78, 5) is 18.4. The van der Waals surface area contributed by atoms with Gasteiger partial charge in [0.15, 0.2) is 15.5 Å². The smallest absolute Gasteiger partial charge is 0.252 e. The number of fused-ring (bicyclic) bond motifs is 1. The first kappa shape index (κ1) is 30.2. The fourth-order valence-electron chi connectivity index (χ4n) is 6.13. The number of amides is 1. The van der Waals surface area contributed by atoms with Gasteiger partial charge >= 0.3 is 0 Å². The Balaban J connectivity index is 1.32. The van der Waals surface area contributed by atoms with Gasteiger partial charge in [0.1, 0.15) is 16.3 Å². The molecule has 3 heterocycles. The third kappa shape index (κ3) is 6.08. The molecular formula is C31H39N7O5S. The summed E-state index contributed by atoms with van der Waals surface area (Å²) in [7, 11) is -2.16. The summed E-state index contributed by atoms with van der Waals surface area (Å²) < 4.78 is 40.7. The minimum absolute atomic E-state index is 0.0141. The largest absolute Gasteiger partial charge is 0.382 e. The highest BCUT2D eigenvalue weighted by atomic mass is 32.2. The van der Waals surface area contributed by atoms with Crippen molar-refractivity contribution in [1.29, 1.82) is 0 Å². The van der Waals surface area contributed by atoms with E-state index in [1.165, 1.54) is 17.4 Å². The maximum absolute atomic E-state index is 13.5. The number of nitrogens with two attached hydrogens (primary N) is 1. The predicted molar refractivity (Wildman–Crippen MR) is 165 cm³/mol. The second-order valence-electron chi connectivity index (χ2n) is 11.9. The number of rotatable bonds is 12. The van der Waals surface area contributed by atoms with E-state index in [1.807, 2.05) is 36.5 Å².